The Hall–Kier alpha value is -3.24. The van der Waals surface area contributed by atoms with Crippen LogP contribution >= 0.6 is 0 Å². The van der Waals surface area contributed by atoms with Crippen LogP contribution in [0.5, 0.6) is 0 Å². The van der Waals surface area contributed by atoms with E-state index in [1.165, 1.54) is 25.3 Å². The van der Waals surface area contributed by atoms with Crippen molar-refractivity contribution in [3.05, 3.63) is 65.2 Å². The van der Waals surface area contributed by atoms with Gasteiger partial charge in [-0.1, -0.05) is 50.2 Å². The Bertz CT molecular complexity index is 1120. The van der Waals surface area contributed by atoms with Crippen LogP contribution in [0.25, 0.3) is 0 Å². The number of carbonyl (C=O) groups excluding carboxylic acids is 3. The summed E-state index contributed by atoms with van der Waals surface area (Å²) in [6, 6.07) is 12.3. The van der Waals surface area contributed by atoms with Crippen molar-refractivity contribution in [2.24, 2.45) is 5.92 Å². The SMILES string of the molecule is COC(=O)C(CC(C)C)NC(=O)COC(=O)c1ccc(C)c(S(=O)(=O)NCc2ccccc2)c1. The van der Waals surface area contributed by atoms with Crippen LogP contribution in [-0.4, -0.2) is 46.0 Å². The molecule has 2 aromatic carbocycles. The molecular weight excluding hydrogens is 460 g/mol. The zero-order chi connectivity index (χ0) is 25.3. The number of hydrogen-bond acceptors (Lipinski definition) is 7. The Kier molecular flexibility index (Phi) is 9.76. The molecule has 0 bridgehead atoms. The standard InChI is InChI=1S/C24H30N2O7S/c1-16(2)12-20(24(29)32-4)26-22(27)15-33-23(28)19-11-10-17(3)21(13-19)34(30,31)25-14-18-8-6-5-7-9-18/h5-11,13,16,20,25H,12,14-15H2,1-4H3,(H,26,27). The van der Waals surface area contributed by atoms with Crippen molar-refractivity contribution in [2.75, 3.05) is 13.7 Å². The highest BCUT2D eigenvalue weighted by Crippen LogP contribution is 2.18. The fourth-order valence-corrected chi connectivity index (χ4v) is 4.43. The predicted octanol–water partition coefficient (Wildman–Crippen LogP) is 2.33. The summed E-state index contributed by atoms with van der Waals surface area (Å²) in [6.07, 6.45) is 0.363. The minimum Gasteiger partial charge on any atom is -0.467 e. The Morgan fingerprint density at radius 2 is 1.71 bits per heavy atom. The normalized spacial score (nSPS) is 12.1. The number of hydrogen-bond donors (Lipinski definition) is 2. The van der Waals surface area contributed by atoms with E-state index >= 15 is 0 Å². The molecule has 0 aliphatic carbocycles. The third kappa shape index (κ3) is 7.96. The molecule has 0 aliphatic rings. The summed E-state index contributed by atoms with van der Waals surface area (Å²) in [5, 5.41) is 2.49. The molecule has 0 saturated heterocycles. The molecule has 9 nitrogen and oxygen atoms in total. The Balaban J connectivity index is 2.04. The largest absolute Gasteiger partial charge is 0.467 e. The number of rotatable bonds is 11. The number of carbonyl (C=O) groups is 3. The van der Waals surface area contributed by atoms with Crippen LogP contribution in [0.15, 0.2) is 53.4 Å². The van der Waals surface area contributed by atoms with Gasteiger partial charge in [-0.05, 0) is 42.5 Å². The topological polar surface area (TPSA) is 128 Å². The number of amides is 1. The van der Waals surface area contributed by atoms with Crippen LogP contribution in [0, 0.1) is 12.8 Å². The molecule has 184 valence electrons. The van der Waals surface area contributed by atoms with E-state index in [9.17, 15) is 22.8 Å². The number of ether oxygens (including phenoxy) is 2. The van der Waals surface area contributed by atoms with E-state index in [4.69, 9.17) is 4.74 Å². The van der Waals surface area contributed by atoms with Gasteiger partial charge < -0.3 is 14.8 Å². The lowest BCUT2D eigenvalue weighted by molar-refractivity contribution is -0.145. The zero-order valence-electron chi connectivity index (χ0n) is 19.7. The van der Waals surface area contributed by atoms with Gasteiger partial charge in [-0.15, -0.1) is 0 Å². The van der Waals surface area contributed by atoms with Crippen LogP contribution in [-0.2, 0) is 35.6 Å². The number of aryl methyl sites for hydroxylation is 1. The molecule has 2 rings (SSSR count). The molecule has 0 spiro atoms. The summed E-state index contributed by atoms with van der Waals surface area (Å²) >= 11 is 0. The van der Waals surface area contributed by atoms with E-state index in [2.05, 4.69) is 14.8 Å². The third-order valence-electron chi connectivity index (χ3n) is 4.88. The fraction of sp³-hybridized carbons (Fsp3) is 0.375. The van der Waals surface area contributed by atoms with Gasteiger partial charge in [0.05, 0.1) is 17.6 Å². The van der Waals surface area contributed by atoms with Crippen LogP contribution in [0.3, 0.4) is 0 Å². The third-order valence-corrected chi connectivity index (χ3v) is 6.43. The molecule has 1 atom stereocenters. The maximum Gasteiger partial charge on any atom is 0.338 e. The lowest BCUT2D eigenvalue weighted by Crippen LogP contribution is -2.44. The second-order valence-electron chi connectivity index (χ2n) is 8.14. The van der Waals surface area contributed by atoms with Crippen molar-refractivity contribution in [1.29, 1.82) is 0 Å². The first-order chi connectivity index (χ1) is 16.0. The van der Waals surface area contributed by atoms with Gasteiger partial charge in [0.1, 0.15) is 6.04 Å². The molecule has 0 aromatic heterocycles. The maximum atomic E-state index is 12.8. The molecule has 1 amide bonds. The molecule has 0 saturated carbocycles. The maximum absolute atomic E-state index is 12.8. The minimum absolute atomic E-state index is 0.0230. The van der Waals surface area contributed by atoms with Gasteiger partial charge >= 0.3 is 11.9 Å². The van der Waals surface area contributed by atoms with Gasteiger partial charge in [-0.2, -0.15) is 0 Å². The summed E-state index contributed by atoms with van der Waals surface area (Å²) in [4.78, 5) is 36.4. The first-order valence-electron chi connectivity index (χ1n) is 10.7. The van der Waals surface area contributed by atoms with Gasteiger partial charge in [-0.25, -0.2) is 22.7 Å². The highest BCUT2D eigenvalue weighted by atomic mass is 32.2. The van der Waals surface area contributed by atoms with Crippen molar-refractivity contribution in [3.8, 4) is 0 Å². The summed E-state index contributed by atoms with van der Waals surface area (Å²) in [5.74, 6) is -2.01. The number of sulfonamides is 1. The summed E-state index contributed by atoms with van der Waals surface area (Å²) in [7, 11) is -2.68. The molecule has 1 unspecified atom stereocenters. The number of methoxy groups -OCH3 is 1. The lowest BCUT2D eigenvalue weighted by Gasteiger charge is -2.18. The number of nitrogens with one attached hydrogen (secondary N) is 2. The molecule has 34 heavy (non-hydrogen) atoms. The predicted molar refractivity (Wildman–Crippen MR) is 125 cm³/mol. The van der Waals surface area contributed by atoms with Crippen molar-refractivity contribution >= 4 is 27.9 Å². The Morgan fingerprint density at radius 1 is 1.03 bits per heavy atom. The van der Waals surface area contributed by atoms with Crippen LogP contribution in [0.4, 0.5) is 0 Å². The van der Waals surface area contributed by atoms with Crippen molar-refractivity contribution in [1.82, 2.24) is 10.0 Å². The van der Waals surface area contributed by atoms with E-state index < -0.39 is 40.5 Å². The van der Waals surface area contributed by atoms with Gasteiger partial charge in [-0.3, -0.25) is 4.79 Å². The minimum atomic E-state index is -3.90. The molecular formula is C24H30N2O7S. The van der Waals surface area contributed by atoms with E-state index in [1.54, 1.807) is 31.2 Å². The molecule has 2 N–H and O–H groups in total. The first kappa shape index (κ1) is 27.0. The van der Waals surface area contributed by atoms with Crippen LogP contribution in [0.1, 0.15) is 41.8 Å². The van der Waals surface area contributed by atoms with E-state index in [0.29, 0.717) is 12.0 Å². The van der Waals surface area contributed by atoms with Gasteiger partial charge in [0.25, 0.3) is 5.91 Å². The van der Waals surface area contributed by atoms with E-state index in [1.807, 2.05) is 19.9 Å². The quantitative estimate of drug-likeness (QED) is 0.463. The van der Waals surface area contributed by atoms with Crippen molar-refractivity contribution < 1.29 is 32.3 Å². The summed E-state index contributed by atoms with van der Waals surface area (Å²) < 4.78 is 37.8. The van der Waals surface area contributed by atoms with E-state index in [-0.39, 0.29) is 22.9 Å². The average Bonchev–Trinajstić information content (AvgIpc) is 2.81. The lowest BCUT2D eigenvalue weighted by atomic mass is 10.0. The summed E-state index contributed by atoms with van der Waals surface area (Å²) in [6.45, 7) is 4.85. The van der Waals surface area contributed by atoms with Gasteiger partial charge in [0.15, 0.2) is 6.61 Å². The second kappa shape index (κ2) is 12.3. The molecule has 0 fully saturated rings. The van der Waals surface area contributed by atoms with Crippen molar-refractivity contribution in [2.45, 2.75) is 44.7 Å². The van der Waals surface area contributed by atoms with E-state index in [0.717, 1.165) is 5.56 Å². The Labute approximate surface area is 199 Å². The number of benzene rings is 2. The molecule has 0 heterocycles. The average molecular weight is 491 g/mol. The molecule has 10 heteroatoms. The summed E-state index contributed by atoms with van der Waals surface area (Å²) in [5.41, 5.74) is 1.21. The molecule has 0 radical (unpaired) electrons. The van der Waals surface area contributed by atoms with Gasteiger partial charge in [0.2, 0.25) is 10.0 Å². The van der Waals surface area contributed by atoms with Crippen molar-refractivity contribution in [3.63, 3.8) is 0 Å². The first-order valence-corrected chi connectivity index (χ1v) is 12.2. The zero-order valence-corrected chi connectivity index (χ0v) is 20.5. The highest BCUT2D eigenvalue weighted by Gasteiger charge is 2.24. The fourth-order valence-electron chi connectivity index (χ4n) is 3.15. The highest BCUT2D eigenvalue weighted by molar-refractivity contribution is 7.89. The van der Waals surface area contributed by atoms with Crippen LogP contribution < -0.4 is 10.0 Å². The smallest absolute Gasteiger partial charge is 0.338 e. The van der Waals surface area contributed by atoms with Gasteiger partial charge in [0, 0.05) is 6.54 Å². The number of esters is 2. The Morgan fingerprint density at radius 3 is 2.32 bits per heavy atom. The molecule has 0 aliphatic heterocycles. The molecule has 2 aromatic rings. The monoisotopic (exact) mass is 490 g/mol. The van der Waals surface area contributed by atoms with Crippen LogP contribution in [0.2, 0.25) is 0 Å². The second-order valence-corrected chi connectivity index (χ2v) is 9.87.